The molecule has 4 unspecified atom stereocenters. The Morgan fingerprint density at radius 1 is 0.261 bits per heavy atom. The van der Waals surface area contributed by atoms with E-state index in [0.717, 1.165) is 171 Å². The first-order valence-corrected chi connectivity index (χ1v) is 35.4. The highest BCUT2D eigenvalue weighted by atomic mass is 16.5. The first kappa shape index (κ1) is 68.5. The van der Waals surface area contributed by atoms with Crippen molar-refractivity contribution in [2.75, 3.05) is 21.3 Å². The Bertz CT molecular complexity index is 3060. The van der Waals surface area contributed by atoms with Crippen LogP contribution in [0.4, 0.5) is 45.5 Å². The van der Waals surface area contributed by atoms with E-state index in [0.29, 0.717) is 0 Å². The maximum absolute atomic E-state index is 7.33. The van der Waals surface area contributed by atoms with Crippen molar-refractivity contribution in [3.63, 3.8) is 0 Å². The van der Waals surface area contributed by atoms with Gasteiger partial charge in [-0.15, -0.1) is 0 Å². The van der Waals surface area contributed by atoms with Gasteiger partial charge in [-0.1, -0.05) is 178 Å². The minimum absolute atomic E-state index is 0.101. The molecule has 488 valence electrons. The molecule has 0 heterocycles. The second-order valence-electron chi connectivity index (χ2n) is 26.7. The van der Waals surface area contributed by atoms with Gasteiger partial charge >= 0.3 is 0 Å². The molecule has 1 aliphatic carbocycles. The van der Waals surface area contributed by atoms with E-state index < -0.39 is 0 Å². The van der Waals surface area contributed by atoms with Crippen LogP contribution in [0.3, 0.4) is 0 Å². The van der Waals surface area contributed by atoms with Crippen molar-refractivity contribution < 1.29 is 18.9 Å². The number of unbranched alkanes of at least 4 members (excludes halogenated alkanes) is 8. The quantitative estimate of drug-likeness (QED) is 0.0311. The number of para-hydroxylation sites is 4. The Morgan fingerprint density at radius 2 is 0.457 bits per heavy atom. The van der Waals surface area contributed by atoms with Crippen molar-refractivity contribution in [1.82, 2.24) is 0 Å². The monoisotopic (exact) mass is 1240 g/mol. The van der Waals surface area contributed by atoms with E-state index in [2.05, 4.69) is 274 Å². The zero-order chi connectivity index (χ0) is 64.9. The Hall–Kier alpha value is -7.84. The van der Waals surface area contributed by atoms with Crippen LogP contribution in [0.1, 0.15) is 254 Å². The number of nitrogens with one attached hydrogen (secondary N) is 4. The van der Waals surface area contributed by atoms with Gasteiger partial charge in [0.2, 0.25) is 0 Å². The van der Waals surface area contributed by atoms with Gasteiger partial charge < -0.3 is 40.2 Å². The van der Waals surface area contributed by atoms with Gasteiger partial charge in [0, 0.05) is 116 Å². The van der Waals surface area contributed by atoms with Crippen molar-refractivity contribution in [3.05, 3.63) is 214 Å². The molecule has 0 aliphatic heterocycles. The number of fused-ring (bicyclic) bond motifs is 8. The molecule has 4 N–H and O–H groups in total. The third-order valence-corrected chi connectivity index (χ3v) is 17.8. The predicted octanol–water partition coefficient (Wildman–Crippen LogP) is 25.0. The molecule has 4 atom stereocenters. The van der Waals surface area contributed by atoms with Crippen LogP contribution in [0.5, 0.6) is 23.0 Å². The normalized spacial score (nSPS) is 15.4. The van der Waals surface area contributed by atoms with Gasteiger partial charge in [-0.25, -0.2) is 0 Å². The van der Waals surface area contributed by atoms with Crippen LogP contribution >= 0.6 is 0 Å². The lowest BCUT2D eigenvalue weighted by molar-refractivity contribution is 0.238. The van der Waals surface area contributed by atoms with E-state index in [1.165, 1.54) is 44.5 Å². The van der Waals surface area contributed by atoms with Gasteiger partial charge in [-0.3, -0.25) is 0 Å². The molecule has 1 aliphatic rings. The lowest BCUT2D eigenvalue weighted by atomic mass is 9.75. The summed E-state index contributed by atoms with van der Waals surface area (Å²) in [7, 11) is 0. The Kier molecular flexibility index (Phi) is 25.5. The summed E-state index contributed by atoms with van der Waals surface area (Å²) in [6, 6.07) is 62.6. The average Bonchev–Trinajstić information content (AvgIpc) is 0.754. The van der Waals surface area contributed by atoms with Gasteiger partial charge in [-0.2, -0.15) is 0 Å². The fourth-order valence-electron chi connectivity index (χ4n) is 13.6. The van der Waals surface area contributed by atoms with Gasteiger partial charge in [0.25, 0.3) is 0 Å². The predicted molar refractivity (Wildman–Crippen MR) is 392 cm³/mol. The molecule has 0 fully saturated rings. The summed E-state index contributed by atoms with van der Waals surface area (Å²) in [6.45, 7) is 26.7. The zero-order valence-electron chi connectivity index (χ0n) is 57.7. The molecule has 8 aromatic rings. The molecule has 0 saturated carbocycles. The van der Waals surface area contributed by atoms with Crippen LogP contribution in [-0.2, 0) is 0 Å². The molecular formula is C84H108N4O4. The lowest BCUT2D eigenvalue weighted by Crippen LogP contribution is -2.18. The molecule has 92 heavy (non-hydrogen) atoms. The number of rotatable bonds is 32. The highest BCUT2D eigenvalue weighted by Gasteiger charge is 2.35. The standard InChI is InChI=1S/C84H108N4O4/c1-13-17-25-45-65-69-49-74(82(90-58(7)8)53-77(69)85-61-37-29-21-30-38-61)67(47-27-19-15-3)71-51-76(84(92-60(11)12)55-79(71)87-63-41-33-23-34-42-63)68(48-28-20-16-4)72-52-75(83(91-59(9)10)56-80(72)88-64-43-35-24-36-44-64)66(46-26-18-14-2)70-50-73(65)81(89-57(5)6)54-78(70)86-62-39-31-22-32-40-62/h21-24,29-44,49-60,65-68,85-88H,13-20,25-28,45-48H2,1-12H3. The maximum Gasteiger partial charge on any atom is 0.125 e. The van der Waals surface area contributed by atoms with Gasteiger partial charge in [0.1, 0.15) is 23.0 Å². The molecule has 0 radical (unpaired) electrons. The third kappa shape index (κ3) is 18.3. The number of hydrogen-bond donors (Lipinski definition) is 4. The first-order chi connectivity index (χ1) is 44.7. The summed E-state index contributed by atoms with van der Waals surface area (Å²) in [4.78, 5) is 0. The summed E-state index contributed by atoms with van der Waals surface area (Å²) in [5.74, 6) is 3.13. The smallest absolute Gasteiger partial charge is 0.125 e. The summed E-state index contributed by atoms with van der Waals surface area (Å²) < 4.78 is 29.3. The molecular weight excluding hydrogens is 1130 g/mol. The molecule has 8 aromatic carbocycles. The van der Waals surface area contributed by atoms with Crippen molar-refractivity contribution in [3.8, 4) is 23.0 Å². The highest BCUT2D eigenvalue weighted by Crippen LogP contribution is 2.54. The Labute approximate surface area is 554 Å². The second kappa shape index (κ2) is 34.2. The van der Waals surface area contributed by atoms with Crippen LogP contribution in [-0.4, -0.2) is 24.4 Å². The van der Waals surface area contributed by atoms with Gasteiger partial charge in [0.15, 0.2) is 0 Å². The average molecular weight is 1240 g/mol. The maximum atomic E-state index is 7.33. The number of anilines is 8. The molecule has 8 heteroatoms. The number of ether oxygens (including phenoxy) is 4. The number of hydrogen-bond acceptors (Lipinski definition) is 8. The number of benzene rings is 8. The Morgan fingerprint density at radius 3 is 0.630 bits per heavy atom. The van der Waals surface area contributed by atoms with Crippen molar-refractivity contribution >= 4 is 45.5 Å². The third-order valence-electron chi connectivity index (χ3n) is 17.8. The molecule has 8 bridgehead atoms. The summed E-state index contributed by atoms with van der Waals surface area (Å²) >= 11 is 0. The van der Waals surface area contributed by atoms with Crippen LogP contribution in [0.25, 0.3) is 0 Å². The summed E-state index contributed by atoms with van der Waals surface area (Å²) in [6.07, 6.45) is 16.1. The minimum atomic E-state index is -0.111. The van der Waals surface area contributed by atoms with Gasteiger partial charge in [-0.05, 0) is 176 Å². The van der Waals surface area contributed by atoms with Crippen LogP contribution in [0.15, 0.2) is 170 Å². The van der Waals surface area contributed by atoms with E-state index >= 15 is 0 Å². The van der Waals surface area contributed by atoms with Crippen molar-refractivity contribution in [2.24, 2.45) is 0 Å². The van der Waals surface area contributed by atoms with E-state index in [1.54, 1.807) is 0 Å². The van der Waals surface area contributed by atoms with E-state index in [-0.39, 0.29) is 48.1 Å². The van der Waals surface area contributed by atoms with E-state index in [9.17, 15) is 0 Å². The molecule has 8 nitrogen and oxygen atoms in total. The fraction of sp³-hybridized carbons (Fsp3) is 0.429. The molecule has 0 spiro atoms. The molecule has 9 rings (SSSR count). The summed E-state index contributed by atoms with van der Waals surface area (Å²) in [5, 5.41) is 16.3. The topological polar surface area (TPSA) is 85.0 Å². The highest BCUT2D eigenvalue weighted by molar-refractivity contribution is 5.77. The van der Waals surface area contributed by atoms with Gasteiger partial charge in [0.05, 0.1) is 24.4 Å². The molecule has 0 amide bonds. The zero-order valence-corrected chi connectivity index (χ0v) is 57.7. The van der Waals surface area contributed by atoms with E-state index in [1.807, 2.05) is 0 Å². The molecule has 0 aromatic heterocycles. The Balaban J connectivity index is 1.54. The minimum Gasteiger partial charge on any atom is -0.491 e. The SMILES string of the molecule is CCCCCC1c2cc(c(OC(C)C)cc2Nc2ccccc2)C(CCCCC)c2cc(c(OC(C)C)cc2Nc2ccccc2)C(CCCCC)c2cc(c(OC(C)C)cc2Nc2ccccc2)C(CCCCC)c2cc1c(OC(C)C)cc2Nc1ccccc1. The molecule has 0 saturated heterocycles. The van der Waals surface area contributed by atoms with Crippen LogP contribution < -0.4 is 40.2 Å². The largest absolute Gasteiger partial charge is 0.491 e. The van der Waals surface area contributed by atoms with Crippen LogP contribution in [0, 0.1) is 0 Å². The second-order valence-corrected chi connectivity index (χ2v) is 26.7. The van der Waals surface area contributed by atoms with E-state index in [4.69, 9.17) is 18.9 Å². The van der Waals surface area contributed by atoms with Crippen LogP contribution in [0.2, 0.25) is 0 Å². The summed E-state index contributed by atoms with van der Waals surface area (Å²) in [5.41, 5.74) is 17.9. The fourth-order valence-corrected chi connectivity index (χ4v) is 13.6. The lowest BCUT2D eigenvalue weighted by Gasteiger charge is -2.34. The van der Waals surface area contributed by atoms with Crippen molar-refractivity contribution in [1.29, 1.82) is 0 Å². The van der Waals surface area contributed by atoms with Crippen molar-refractivity contribution in [2.45, 2.75) is 234 Å². The first-order valence-electron chi connectivity index (χ1n) is 35.4.